The molecule has 0 unspecified atom stereocenters. The molecular formula is C22H25NO5S. The molecule has 29 heavy (non-hydrogen) atoms. The summed E-state index contributed by atoms with van der Waals surface area (Å²) in [6.07, 6.45) is 2.29. The first kappa shape index (κ1) is 19.8. The van der Waals surface area contributed by atoms with Gasteiger partial charge >= 0.3 is 0 Å². The van der Waals surface area contributed by atoms with Crippen LogP contribution in [0.3, 0.4) is 0 Å². The number of unbranched alkanes of at least 4 members (excludes halogenated alkanes) is 1. The van der Waals surface area contributed by atoms with Crippen LogP contribution in [0.15, 0.2) is 46.9 Å². The third kappa shape index (κ3) is 4.24. The maximum absolute atomic E-state index is 12.8. The van der Waals surface area contributed by atoms with E-state index >= 15 is 0 Å². The van der Waals surface area contributed by atoms with Gasteiger partial charge in [-0.2, -0.15) is 0 Å². The molecule has 0 saturated carbocycles. The van der Waals surface area contributed by atoms with Gasteiger partial charge < -0.3 is 14.1 Å². The van der Waals surface area contributed by atoms with E-state index in [2.05, 4.69) is 6.92 Å². The largest absolute Gasteiger partial charge is 0.484 e. The molecule has 0 spiro atoms. The predicted octanol–water partition coefficient (Wildman–Crippen LogP) is 3.78. The Bertz CT molecular complexity index is 1130. The van der Waals surface area contributed by atoms with Crippen molar-refractivity contribution in [2.24, 2.45) is 0 Å². The highest BCUT2D eigenvalue weighted by Crippen LogP contribution is 2.31. The van der Waals surface area contributed by atoms with E-state index in [1.165, 1.54) is 0 Å². The minimum Gasteiger partial charge on any atom is -0.484 e. The highest BCUT2D eigenvalue weighted by molar-refractivity contribution is 7.91. The molecule has 1 amide bonds. The number of sulfone groups is 1. The number of furan rings is 1. The van der Waals surface area contributed by atoms with Gasteiger partial charge in [-0.3, -0.25) is 4.79 Å². The van der Waals surface area contributed by atoms with E-state index in [0.717, 1.165) is 34.8 Å². The molecule has 1 aliphatic heterocycles. The van der Waals surface area contributed by atoms with E-state index in [4.69, 9.17) is 9.15 Å². The fraction of sp³-hybridized carbons (Fsp3) is 0.409. The van der Waals surface area contributed by atoms with Crippen LogP contribution < -0.4 is 4.74 Å². The Hall–Kier alpha value is -2.54. The normalized spacial score (nSPS) is 18.3. The summed E-state index contributed by atoms with van der Waals surface area (Å²) in [5.41, 5.74) is 1.58. The van der Waals surface area contributed by atoms with E-state index in [1.807, 2.05) is 36.4 Å². The number of amides is 1. The van der Waals surface area contributed by atoms with Crippen molar-refractivity contribution < 1.29 is 22.4 Å². The van der Waals surface area contributed by atoms with Crippen LogP contribution in [0, 0.1) is 0 Å². The molecule has 2 aromatic carbocycles. The van der Waals surface area contributed by atoms with Crippen molar-refractivity contribution in [1.82, 2.24) is 4.90 Å². The molecule has 0 bridgehead atoms. The molecule has 154 valence electrons. The molecule has 1 aromatic heterocycles. The number of fused-ring (bicyclic) bond motifs is 3. The molecule has 0 radical (unpaired) electrons. The van der Waals surface area contributed by atoms with Gasteiger partial charge in [-0.05, 0) is 37.1 Å². The number of ether oxygens (including phenoxy) is 1. The monoisotopic (exact) mass is 415 g/mol. The lowest BCUT2D eigenvalue weighted by atomic mass is 10.1. The number of benzene rings is 2. The summed E-state index contributed by atoms with van der Waals surface area (Å²) < 4.78 is 35.3. The van der Waals surface area contributed by atoms with Gasteiger partial charge in [0.25, 0.3) is 5.91 Å². The zero-order valence-corrected chi connectivity index (χ0v) is 17.3. The highest BCUT2D eigenvalue weighted by atomic mass is 32.2. The molecule has 1 fully saturated rings. The first-order valence-electron chi connectivity index (χ1n) is 10.0. The van der Waals surface area contributed by atoms with Gasteiger partial charge in [-0.1, -0.05) is 31.5 Å². The van der Waals surface area contributed by atoms with Crippen molar-refractivity contribution in [2.45, 2.75) is 32.2 Å². The first-order valence-corrected chi connectivity index (χ1v) is 11.8. The second-order valence-electron chi connectivity index (χ2n) is 7.54. The minimum absolute atomic E-state index is 0.0510. The molecule has 1 atom stereocenters. The zero-order valence-electron chi connectivity index (χ0n) is 16.5. The molecule has 2 heterocycles. The first-order chi connectivity index (χ1) is 14.0. The van der Waals surface area contributed by atoms with Gasteiger partial charge in [0.1, 0.15) is 16.9 Å². The average Bonchev–Trinajstić information content (AvgIpc) is 3.26. The molecule has 6 nitrogen and oxygen atoms in total. The van der Waals surface area contributed by atoms with Gasteiger partial charge in [-0.15, -0.1) is 0 Å². The highest BCUT2D eigenvalue weighted by Gasteiger charge is 2.34. The van der Waals surface area contributed by atoms with Gasteiger partial charge in [0.15, 0.2) is 16.4 Å². The lowest BCUT2D eigenvalue weighted by molar-refractivity contribution is -0.135. The van der Waals surface area contributed by atoms with Crippen LogP contribution in [-0.2, 0) is 14.6 Å². The Labute approximate surface area is 170 Å². The van der Waals surface area contributed by atoms with Crippen molar-refractivity contribution in [2.75, 3.05) is 24.7 Å². The third-order valence-corrected chi connectivity index (χ3v) is 7.18. The van der Waals surface area contributed by atoms with Crippen LogP contribution in [0.2, 0.25) is 0 Å². The van der Waals surface area contributed by atoms with Crippen LogP contribution in [0.25, 0.3) is 21.9 Å². The molecule has 0 N–H and O–H groups in total. The number of nitrogens with zero attached hydrogens (tertiary/aromatic N) is 1. The van der Waals surface area contributed by atoms with E-state index in [1.54, 1.807) is 11.0 Å². The van der Waals surface area contributed by atoms with Crippen molar-refractivity contribution in [3.63, 3.8) is 0 Å². The molecule has 1 aliphatic rings. The van der Waals surface area contributed by atoms with Crippen molar-refractivity contribution in [3.05, 3.63) is 42.5 Å². The lowest BCUT2D eigenvalue weighted by Gasteiger charge is -2.28. The van der Waals surface area contributed by atoms with Gasteiger partial charge in [0.05, 0.1) is 11.5 Å². The Morgan fingerprint density at radius 3 is 2.72 bits per heavy atom. The van der Waals surface area contributed by atoms with Crippen LogP contribution in [0.4, 0.5) is 0 Å². The molecule has 1 saturated heterocycles. The standard InChI is InChI=1S/C22H25NO5S/c1-2-3-11-23(16-10-12-29(25,26)15-16)22(24)14-27-17-8-9-21-19(13-17)18-6-4-5-7-20(18)28-21/h4-9,13,16H,2-3,10-12,14-15H2,1H3/t16-/m0/s1. The van der Waals surface area contributed by atoms with Gasteiger partial charge in [0.2, 0.25) is 0 Å². The quantitative estimate of drug-likeness (QED) is 0.587. The molecule has 0 aliphatic carbocycles. The maximum Gasteiger partial charge on any atom is 0.260 e. The summed E-state index contributed by atoms with van der Waals surface area (Å²) in [6, 6.07) is 13.0. The number of carbonyl (C=O) groups is 1. The number of para-hydroxylation sites is 1. The molecule has 7 heteroatoms. The van der Waals surface area contributed by atoms with E-state index < -0.39 is 9.84 Å². The fourth-order valence-corrected chi connectivity index (χ4v) is 5.61. The van der Waals surface area contributed by atoms with E-state index in [9.17, 15) is 13.2 Å². The third-order valence-electron chi connectivity index (χ3n) is 5.43. The van der Waals surface area contributed by atoms with Crippen molar-refractivity contribution in [3.8, 4) is 5.75 Å². The smallest absolute Gasteiger partial charge is 0.260 e. The van der Waals surface area contributed by atoms with E-state index in [-0.39, 0.29) is 30.1 Å². The summed E-state index contributed by atoms with van der Waals surface area (Å²) >= 11 is 0. The Kier molecular flexibility index (Phi) is 5.50. The minimum atomic E-state index is -3.05. The Morgan fingerprint density at radius 1 is 1.17 bits per heavy atom. The Balaban J connectivity index is 1.48. The second-order valence-corrected chi connectivity index (χ2v) is 9.77. The second kappa shape index (κ2) is 8.06. The van der Waals surface area contributed by atoms with Crippen LogP contribution in [0.1, 0.15) is 26.2 Å². The number of hydrogen-bond donors (Lipinski definition) is 0. The topological polar surface area (TPSA) is 76.8 Å². The van der Waals surface area contributed by atoms with E-state index in [0.29, 0.717) is 18.7 Å². The number of rotatable bonds is 7. The average molecular weight is 416 g/mol. The summed E-state index contributed by atoms with van der Waals surface area (Å²) in [7, 11) is -3.05. The van der Waals surface area contributed by atoms with Crippen LogP contribution in [-0.4, -0.2) is 49.9 Å². The van der Waals surface area contributed by atoms with Crippen molar-refractivity contribution >= 4 is 37.7 Å². The van der Waals surface area contributed by atoms with Crippen LogP contribution in [0.5, 0.6) is 5.75 Å². The predicted molar refractivity (Wildman–Crippen MR) is 113 cm³/mol. The fourth-order valence-electron chi connectivity index (χ4n) is 3.88. The Morgan fingerprint density at radius 2 is 1.97 bits per heavy atom. The molecule has 4 rings (SSSR count). The summed E-state index contributed by atoms with van der Waals surface area (Å²) in [6.45, 7) is 2.50. The summed E-state index contributed by atoms with van der Waals surface area (Å²) in [5, 5.41) is 1.94. The van der Waals surface area contributed by atoms with Crippen molar-refractivity contribution in [1.29, 1.82) is 0 Å². The maximum atomic E-state index is 12.8. The lowest BCUT2D eigenvalue weighted by Crippen LogP contribution is -2.44. The molecular weight excluding hydrogens is 390 g/mol. The van der Waals surface area contributed by atoms with Crippen LogP contribution >= 0.6 is 0 Å². The van der Waals surface area contributed by atoms with Gasteiger partial charge in [-0.25, -0.2) is 8.42 Å². The zero-order chi connectivity index (χ0) is 20.4. The SMILES string of the molecule is CCCCN(C(=O)COc1ccc2oc3ccccc3c2c1)[C@H]1CCS(=O)(=O)C1. The number of carbonyl (C=O) groups excluding carboxylic acids is 1. The number of hydrogen-bond acceptors (Lipinski definition) is 5. The van der Waals surface area contributed by atoms with Gasteiger partial charge in [0, 0.05) is 23.4 Å². The summed E-state index contributed by atoms with van der Waals surface area (Å²) in [4.78, 5) is 14.5. The molecule has 3 aromatic rings. The summed E-state index contributed by atoms with van der Waals surface area (Å²) in [5.74, 6) is 0.623.